The molecule has 1 heteroatoms. The van der Waals surface area contributed by atoms with Gasteiger partial charge in [-0.3, -0.25) is 4.79 Å². The summed E-state index contributed by atoms with van der Waals surface area (Å²) in [5, 5.41) is 0. The second-order valence-corrected chi connectivity index (χ2v) is 2.18. The number of hydrogen-bond donors (Lipinski definition) is 0. The Hall–Kier alpha value is -1.81. The van der Waals surface area contributed by atoms with E-state index in [4.69, 9.17) is 0 Å². The molecule has 0 unspecified atom stereocenters. The van der Waals surface area contributed by atoms with E-state index in [9.17, 15) is 4.79 Å². The molecular formula is C11H8O. The highest BCUT2D eigenvalue weighted by Crippen LogP contribution is 2.07. The van der Waals surface area contributed by atoms with E-state index in [-0.39, 0.29) is 0 Å². The third-order valence-corrected chi connectivity index (χ3v) is 1.45. The Morgan fingerprint density at radius 1 is 1.33 bits per heavy atom. The molecule has 1 aromatic rings. The first-order valence-corrected chi connectivity index (χ1v) is 3.55. The first-order chi connectivity index (χ1) is 5.88. The summed E-state index contributed by atoms with van der Waals surface area (Å²) in [5.74, 6) is 5.09. The van der Waals surface area contributed by atoms with Gasteiger partial charge < -0.3 is 0 Å². The average Bonchev–Trinajstić information content (AvgIpc) is 2.15. The van der Waals surface area contributed by atoms with Gasteiger partial charge in [0.1, 0.15) is 0 Å². The molecule has 0 saturated heterocycles. The molecule has 0 N–H and O–H groups in total. The van der Waals surface area contributed by atoms with Gasteiger partial charge >= 0.3 is 0 Å². The molecule has 0 aliphatic rings. The minimum Gasteiger partial charge on any atom is -0.289 e. The van der Waals surface area contributed by atoms with Crippen LogP contribution in [0.2, 0.25) is 0 Å². The van der Waals surface area contributed by atoms with E-state index in [1.807, 2.05) is 24.3 Å². The van der Waals surface area contributed by atoms with Crippen molar-refractivity contribution in [2.24, 2.45) is 0 Å². The first kappa shape index (κ1) is 8.29. The summed E-state index contributed by atoms with van der Waals surface area (Å²) in [4.78, 5) is 9.98. The van der Waals surface area contributed by atoms with Gasteiger partial charge in [0.25, 0.3) is 0 Å². The minimum atomic E-state index is 0.583. The number of carbonyl (C=O) groups excluding carboxylic acids is 1. The summed E-state index contributed by atoms with van der Waals surface area (Å²) in [7, 11) is 0. The minimum absolute atomic E-state index is 0.583. The lowest BCUT2D eigenvalue weighted by Crippen LogP contribution is -1.79. The van der Waals surface area contributed by atoms with Crippen LogP contribution in [0.1, 0.15) is 11.1 Å². The van der Waals surface area contributed by atoms with Crippen LogP contribution in [0.15, 0.2) is 30.8 Å². The topological polar surface area (TPSA) is 17.1 Å². The summed E-state index contributed by atoms with van der Waals surface area (Å²) in [6.07, 6.45) is 2.30. The number of carbonyl (C=O) groups is 1. The van der Waals surface area contributed by atoms with Crippen LogP contribution < -0.4 is 0 Å². The molecule has 1 nitrogen and oxygen atoms in total. The third-order valence-electron chi connectivity index (χ3n) is 1.45. The van der Waals surface area contributed by atoms with Crippen LogP contribution in [0.25, 0.3) is 6.08 Å². The zero-order valence-electron chi connectivity index (χ0n) is 6.58. The van der Waals surface area contributed by atoms with E-state index in [0.29, 0.717) is 6.29 Å². The molecule has 58 valence electrons. The van der Waals surface area contributed by atoms with Crippen LogP contribution in [-0.4, -0.2) is 6.29 Å². The molecule has 0 aromatic heterocycles. The van der Waals surface area contributed by atoms with E-state index in [0.717, 1.165) is 11.1 Å². The van der Waals surface area contributed by atoms with Crippen molar-refractivity contribution in [1.82, 2.24) is 0 Å². The lowest BCUT2D eigenvalue weighted by molar-refractivity contribution is -0.103. The van der Waals surface area contributed by atoms with Gasteiger partial charge in [0, 0.05) is 5.56 Å². The SMILES string of the molecule is C=Cc1ccccc1C#CC=O. The second kappa shape index (κ2) is 4.15. The van der Waals surface area contributed by atoms with E-state index in [1.54, 1.807) is 6.08 Å². The maximum absolute atomic E-state index is 9.98. The first-order valence-electron chi connectivity index (χ1n) is 3.55. The number of aldehydes is 1. The maximum Gasteiger partial charge on any atom is 0.193 e. The van der Waals surface area contributed by atoms with Crippen molar-refractivity contribution in [2.45, 2.75) is 0 Å². The molecule has 0 amide bonds. The molecule has 0 atom stereocenters. The van der Waals surface area contributed by atoms with Gasteiger partial charge in [-0.15, -0.1) is 0 Å². The Kier molecular flexibility index (Phi) is 2.87. The Balaban J connectivity index is 3.13. The average molecular weight is 156 g/mol. The largest absolute Gasteiger partial charge is 0.289 e. The van der Waals surface area contributed by atoms with E-state index < -0.39 is 0 Å². The van der Waals surface area contributed by atoms with Crippen LogP contribution in [0.4, 0.5) is 0 Å². The van der Waals surface area contributed by atoms with E-state index in [1.165, 1.54) is 0 Å². The molecule has 0 radical (unpaired) electrons. The van der Waals surface area contributed by atoms with Crippen molar-refractivity contribution >= 4 is 12.4 Å². The lowest BCUT2D eigenvalue weighted by atomic mass is 10.1. The van der Waals surface area contributed by atoms with Crippen molar-refractivity contribution in [1.29, 1.82) is 0 Å². The quantitative estimate of drug-likeness (QED) is 0.448. The molecule has 0 saturated carbocycles. The molecule has 0 aliphatic heterocycles. The van der Waals surface area contributed by atoms with Gasteiger partial charge in [0.15, 0.2) is 6.29 Å². The molecule has 0 aliphatic carbocycles. The van der Waals surface area contributed by atoms with Crippen LogP contribution >= 0.6 is 0 Å². The number of rotatable bonds is 1. The molecule has 0 bridgehead atoms. The summed E-state index contributed by atoms with van der Waals surface area (Å²) in [6.45, 7) is 3.64. The number of hydrogen-bond acceptors (Lipinski definition) is 1. The van der Waals surface area contributed by atoms with Gasteiger partial charge in [0.05, 0.1) is 0 Å². The van der Waals surface area contributed by atoms with Crippen molar-refractivity contribution in [3.8, 4) is 11.8 Å². The predicted molar refractivity (Wildman–Crippen MR) is 49.5 cm³/mol. The predicted octanol–water partition coefficient (Wildman–Crippen LogP) is 1.88. The maximum atomic E-state index is 9.98. The normalized spacial score (nSPS) is 8.00. The Bertz CT molecular complexity index is 353. The monoisotopic (exact) mass is 156 g/mol. The molecular weight excluding hydrogens is 148 g/mol. The van der Waals surface area contributed by atoms with Crippen molar-refractivity contribution in [2.75, 3.05) is 0 Å². The van der Waals surface area contributed by atoms with E-state index >= 15 is 0 Å². The fourth-order valence-electron chi connectivity index (χ4n) is 0.896. The van der Waals surface area contributed by atoms with Crippen LogP contribution in [0.3, 0.4) is 0 Å². The Labute approximate surface area is 71.7 Å². The molecule has 12 heavy (non-hydrogen) atoms. The van der Waals surface area contributed by atoms with Crippen LogP contribution in [0.5, 0.6) is 0 Å². The zero-order chi connectivity index (χ0) is 8.81. The van der Waals surface area contributed by atoms with Gasteiger partial charge in [-0.2, -0.15) is 0 Å². The fraction of sp³-hybridized carbons (Fsp3) is 0. The second-order valence-electron chi connectivity index (χ2n) is 2.18. The number of benzene rings is 1. The lowest BCUT2D eigenvalue weighted by Gasteiger charge is -1.94. The zero-order valence-corrected chi connectivity index (χ0v) is 6.58. The Morgan fingerprint density at radius 3 is 2.75 bits per heavy atom. The van der Waals surface area contributed by atoms with Crippen LogP contribution in [-0.2, 0) is 4.79 Å². The smallest absolute Gasteiger partial charge is 0.193 e. The fourth-order valence-corrected chi connectivity index (χ4v) is 0.896. The molecule has 1 rings (SSSR count). The van der Waals surface area contributed by atoms with Gasteiger partial charge in [-0.25, -0.2) is 0 Å². The molecule has 0 fully saturated rings. The van der Waals surface area contributed by atoms with Crippen molar-refractivity contribution < 1.29 is 4.79 Å². The summed E-state index contributed by atoms with van der Waals surface area (Å²) < 4.78 is 0. The van der Waals surface area contributed by atoms with Crippen molar-refractivity contribution in [3.05, 3.63) is 42.0 Å². The summed E-state index contributed by atoms with van der Waals surface area (Å²) in [5.41, 5.74) is 1.78. The standard InChI is InChI=1S/C11H8O/c1-2-10-6-3-4-7-11(10)8-5-9-12/h2-4,6-7,9H,1H2. The highest BCUT2D eigenvalue weighted by Gasteiger charge is 1.91. The van der Waals surface area contributed by atoms with Gasteiger partial charge in [-0.1, -0.05) is 36.8 Å². The summed E-state index contributed by atoms with van der Waals surface area (Å²) in [6, 6.07) is 7.54. The highest BCUT2D eigenvalue weighted by atomic mass is 16.1. The molecule has 0 heterocycles. The molecule has 0 spiro atoms. The van der Waals surface area contributed by atoms with Gasteiger partial charge in [-0.05, 0) is 17.6 Å². The van der Waals surface area contributed by atoms with Crippen molar-refractivity contribution in [3.63, 3.8) is 0 Å². The highest BCUT2D eigenvalue weighted by molar-refractivity contribution is 5.75. The molecule has 1 aromatic carbocycles. The Morgan fingerprint density at radius 2 is 2.08 bits per heavy atom. The van der Waals surface area contributed by atoms with Gasteiger partial charge in [0.2, 0.25) is 0 Å². The van der Waals surface area contributed by atoms with E-state index in [2.05, 4.69) is 18.4 Å². The third kappa shape index (κ3) is 1.83. The van der Waals surface area contributed by atoms with Crippen LogP contribution in [0, 0.1) is 11.8 Å². The summed E-state index contributed by atoms with van der Waals surface area (Å²) >= 11 is 0.